The zero-order valence-corrected chi connectivity index (χ0v) is 11.9. The van der Waals surface area contributed by atoms with Crippen molar-refractivity contribution >= 4 is 34.5 Å². The smallest absolute Gasteiger partial charge is 0.274 e. The van der Waals surface area contributed by atoms with E-state index in [1.54, 1.807) is 18.2 Å². The normalized spacial score (nSPS) is 11.8. The molecule has 1 aromatic heterocycles. The van der Waals surface area contributed by atoms with Gasteiger partial charge < -0.3 is 10.1 Å². The first-order chi connectivity index (χ1) is 10.5. The van der Waals surface area contributed by atoms with E-state index in [9.17, 15) is 14.3 Å². The number of halogens is 2. The lowest BCUT2D eigenvalue weighted by Gasteiger charge is -2.02. The molecule has 2 N–H and O–H groups in total. The summed E-state index contributed by atoms with van der Waals surface area (Å²) in [7, 11) is 0. The van der Waals surface area contributed by atoms with Gasteiger partial charge in [0.25, 0.3) is 5.56 Å². The van der Waals surface area contributed by atoms with E-state index < -0.39 is 11.4 Å². The van der Waals surface area contributed by atoms with Gasteiger partial charge in [0, 0.05) is 16.7 Å². The molecule has 6 heteroatoms. The molecule has 1 heterocycles. The summed E-state index contributed by atoms with van der Waals surface area (Å²) in [4.78, 5) is 18.8. The maximum atomic E-state index is 12.9. The lowest BCUT2D eigenvalue weighted by Crippen LogP contribution is -2.12. The summed E-state index contributed by atoms with van der Waals surface area (Å²) in [6, 6.07) is 10.2. The van der Waals surface area contributed by atoms with Crippen LogP contribution in [0.5, 0.6) is 0 Å². The standard InChI is InChI=1S/C16H10ClFN2O2/c17-10-3-6-12-13(7-10)20-16(22)14(19-12)8-15(21)9-1-4-11(18)5-2-9/h1-8,21H,(H,20,22). The van der Waals surface area contributed by atoms with Crippen molar-refractivity contribution in [2.45, 2.75) is 0 Å². The monoisotopic (exact) mass is 316 g/mol. The molecule has 0 spiro atoms. The number of nitrogens with zero attached hydrogens (tertiary/aromatic N) is 1. The van der Waals surface area contributed by atoms with Gasteiger partial charge in [0.05, 0.1) is 11.0 Å². The van der Waals surface area contributed by atoms with Gasteiger partial charge in [-0.15, -0.1) is 0 Å². The van der Waals surface area contributed by atoms with Crippen LogP contribution < -0.4 is 5.56 Å². The van der Waals surface area contributed by atoms with Crippen LogP contribution in [0.2, 0.25) is 5.02 Å². The highest BCUT2D eigenvalue weighted by Crippen LogP contribution is 2.17. The van der Waals surface area contributed by atoms with Crippen LogP contribution in [0, 0.1) is 5.82 Å². The summed E-state index contributed by atoms with van der Waals surface area (Å²) in [6.45, 7) is 0. The number of fused-ring (bicyclic) bond motifs is 1. The SMILES string of the molecule is O=c1[nH]c2cc(Cl)ccc2nc1C=C(O)c1ccc(F)cc1. The Morgan fingerprint density at radius 2 is 1.95 bits per heavy atom. The third-order valence-electron chi connectivity index (χ3n) is 3.09. The fourth-order valence-electron chi connectivity index (χ4n) is 2.00. The topological polar surface area (TPSA) is 66.0 Å². The molecule has 0 unspecified atom stereocenters. The van der Waals surface area contributed by atoms with Crippen LogP contribution >= 0.6 is 11.6 Å². The van der Waals surface area contributed by atoms with Crippen LogP contribution in [-0.2, 0) is 0 Å². The van der Waals surface area contributed by atoms with E-state index in [1.807, 2.05) is 0 Å². The second-order valence-electron chi connectivity index (χ2n) is 4.65. The molecule has 3 rings (SSSR count). The van der Waals surface area contributed by atoms with Gasteiger partial charge in [-0.25, -0.2) is 9.37 Å². The van der Waals surface area contributed by atoms with Crippen LogP contribution in [-0.4, -0.2) is 15.1 Å². The van der Waals surface area contributed by atoms with Crippen molar-refractivity contribution in [2.75, 3.05) is 0 Å². The van der Waals surface area contributed by atoms with E-state index in [1.165, 1.54) is 30.3 Å². The number of nitrogens with one attached hydrogen (secondary N) is 1. The molecule has 0 amide bonds. The Labute approximate surface area is 129 Å². The highest BCUT2D eigenvalue weighted by Gasteiger charge is 2.06. The highest BCUT2D eigenvalue weighted by molar-refractivity contribution is 6.31. The van der Waals surface area contributed by atoms with Gasteiger partial charge in [-0.1, -0.05) is 11.6 Å². The van der Waals surface area contributed by atoms with E-state index in [-0.39, 0.29) is 11.5 Å². The lowest BCUT2D eigenvalue weighted by atomic mass is 10.1. The Kier molecular flexibility index (Phi) is 3.65. The van der Waals surface area contributed by atoms with Crippen molar-refractivity contribution in [3.8, 4) is 0 Å². The number of aliphatic hydroxyl groups is 1. The summed E-state index contributed by atoms with van der Waals surface area (Å²) in [6.07, 6.45) is 1.24. The van der Waals surface area contributed by atoms with Gasteiger partial charge in [0.15, 0.2) is 0 Å². The van der Waals surface area contributed by atoms with Gasteiger partial charge in [-0.3, -0.25) is 4.79 Å². The minimum Gasteiger partial charge on any atom is -0.507 e. The molecule has 0 radical (unpaired) electrons. The predicted molar refractivity (Wildman–Crippen MR) is 84.3 cm³/mol. The fourth-order valence-corrected chi connectivity index (χ4v) is 2.18. The number of rotatable bonds is 2. The average molecular weight is 317 g/mol. The van der Waals surface area contributed by atoms with Crippen molar-refractivity contribution in [1.29, 1.82) is 0 Å². The molecule has 0 bridgehead atoms. The first kappa shape index (κ1) is 14.3. The molecule has 0 saturated carbocycles. The van der Waals surface area contributed by atoms with Crippen LogP contribution in [0.15, 0.2) is 47.3 Å². The molecule has 110 valence electrons. The van der Waals surface area contributed by atoms with Gasteiger partial charge in [-0.2, -0.15) is 0 Å². The summed E-state index contributed by atoms with van der Waals surface area (Å²) >= 11 is 5.86. The van der Waals surface area contributed by atoms with E-state index in [0.717, 1.165) is 0 Å². The number of hydrogen-bond acceptors (Lipinski definition) is 3. The first-order valence-electron chi connectivity index (χ1n) is 6.39. The Balaban J connectivity index is 2.07. The Bertz CT molecular complexity index is 933. The van der Waals surface area contributed by atoms with Gasteiger partial charge in [0.2, 0.25) is 0 Å². The van der Waals surface area contributed by atoms with E-state index in [0.29, 0.717) is 21.6 Å². The molecule has 0 saturated heterocycles. The Hall–Kier alpha value is -2.66. The van der Waals surface area contributed by atoms with Gasteiger partial charge in [0.1, 0.15) is 17.3 Å². The van der Waals surface area contributed by atoms with E-state index in [4.69, 9.17) is 11.6 Å². The second-order valence-corrected chi connectivity index (χ2v) is 5.09. The van der Waals surface area contributed by atoms with Crippen LogP contribution in [0.1, 0.15) is 11.3 Å². The molecule has 0 aliphatic heterocycles. The number of benzene rings is 2. The predicted octanol–water partition coefficient (Wildman–Crippen LogP) is 3.77. The van der Waals surface area contributed by atoms with Crippen molar-refractivity contribution in [2.24, 2.45) is 0 Å². The van der Waals surface area contributed by atoms with Crippen molar-refractivity contribution in [3.05, 3.63) is 74.9 Å². The molecule has 0 fully saturated rings. The van der Waals surface area contributed by atoms with Crippen LogP contribution in [0.4, 0.5) is 4.39 Å². The number of aromatic amines is 1. The van der Waals surface area contributed by atoms with E-state index in [2.05, 4.69) is 9.97 Å². The maximum Gasteiger partial charge on any atom is 0.274 e. The minimum absolute atomic E-state index is 0.0525. The van der Waals surface area contributed by atoms with Gasteiger partial charge >= 0.3 is 0 Å². The molecule has 3 aromatic rings. The third kappa shape index (κ3) is 2.84. The molecular weight excluding hydrogens is 307 g/mol. The third-order valence-corrected chi connectivity index (χ3v) is 3.33. The Morgan fingerprint density at radius 3 is 2.68 bits per heavy atom. The Morgan fingerprint density at radius 1 is 1.23 bits per heavy atom. The largest absolute Gasteiger partial charge is 0.507 e. The maximum absolute atomic E-state index is 12.9. The number of hydrogen-bond donors (Lipinski definition) is 2. The van der Waals surface area contributed by atoms with Crippen LogP contribution in [0.3, 0.4) is 0 Å². The molecule has 0 atom stereocenters. The number of aromatic nitrogens is 2. The first-order valence-corrected chi connectivity index (χ1v) is 6.77. The summed E-state index contributed by atoms with van der Waals surface area (Å²) in [5, 5.41) is 10.5. The molecule has 0 aliphatic rings. The van der Waals surface area contributed by atoms with Crippen molar-refractivity contribution in [3.63, 3.8) is 0 Å². The summed E-state index contributed by atoms with van der Waals surface area (Å²) in [5.41, 5.74) is 1.04. The second kappa shape index (κ2) is 5.61. The highest BCUT2D eigenvalue weighted by atomic mass is 35.5. The van der Waals surface area contributed by atoms with Crippen molar-refractivity contribution < 1.29 is 9.50 Å². The van der Waals surface area contributed by atoms with Gasteiger partial charge in [-0.05, 0) is 42.5 Å². The lowest BCUT2D eigenvalue weighted by molar-refractivity contribution is 0.515. The van der Waals surface area contributed by atoms with Crippen molar-refractivity contribution in [1.82, 2.24) is 9.97 Å². The quantitative estimate of drug-likeness (QED) is 0.707. The summed E-state index contributed by atoms with van der Waals surface area (Å²) < 4.78 is 12.9. The number of aliphatic hydroxyl groups excluding tert-OH is 1. The molecule has 2 aromatic carbocycles. The molecule has 0 aliphatic carbocycles. The minimum atomic E-state index is -0.455. The molecule has 22 heavy (non-hydrogen) atoms. The summed E-state index contributed by atoms with van der Waals surface area (Å²) in [5.74, 6) is -0.582. The average Bonchev–Trinajstić information content (AvgIpc) is 2.49. The zero-order chi connectivity index (χ0) is 15.7. The fraction of sp³-hybridized carbons (Fsp3) is 0. The zero-order valence-electron chi connectivity index (χ0n) is 11.2. The molecular formula is C16H10ClFN2O2. The molecule has 4 nitrogen and oxygen atoms in total. The van der Waals surface area contributed by atoms with Crippen LogP contribution in [0.25, 0.3) is 22.9 Å². The van der Waals surface area contributed by atoms with E-state index >= 15 is 0 Å². The number of H-pyrrole nitrogens is 1.